The molecule has 2 rings (SSSR count). The van der Waals surface area contributed by atoms with Gasteiger partial charge in [0.15, 0.2) is 0 Å². The second-order valence-electron chi connectivity index (χ2n) is 3.27. The Labute approximate surface area is 87.0 Å². The monoisotopic (exact) mass is 199 g/mol. The average Bonchev–Trinajstić information content (AvgIpc) is 2.64. The van der Waals surface area contributed by atoms with Crippen LogP contribution >= 0.6 is 0 Å². The Morgan fingerprint density at radius 1 is 1.33 bits per heavy atom. The highest BCUT2D eigenvalue weighted by Gasteiger charge is 2.04. The lowest BCUT2D eigenvalue weighted by atomic mass is 10.3. The maximum atomic E-state index is 8.77. The van der Waals surface area contributed by atoms with Crippen molar-refractivity contribution in [1.29, 1.82) is 5.26 Å². The number of hydrogen-bond donors (Lipinski definition) is 0. The van der Waals surface area contributed by atoms with Gasteiger partial charge in [0.2, 0.25) is 0 Å². The molecule has 5 nitrogen and oxygen atoms in total. The number of aromatic nitrogens is 4. The van der Waals surface area contributed by atoms with Crippen LogP contribution in [0, 0.1) is 25.2 Å². The van der Waals surface area contributed by atoms with E-state index in [1.807, 2.05) is 26.1 Å². The molecule has 15 heavy (non-hydrogen) atoms. The minimum Gasteiger partial charge on any atom is -0.216 e. The van der Waals surface area contributed by atoms with Crippen molar-refractivity contribution in [3.8, 4) is 12.0 Å². The summed E-state index contributed by atoms with van der Waals surface area (Å²) in [5.74, 6) is 0.430. The fourth-order valence-electron chi connectivity index (χ4n) is 1.23. The summed E-state index contributed by atoms with van der Waals surface area (Å²) in [7, 11) is 0. The first-order valence-electron chi connectivity index (χ1n) is 4.46. The van der Waals surface area contributed by atoms with Crippen LogP contribution in [0.3, 0.4) is 0 Å². The van der Waals surface area contributed by atoms with Gasteiger partial charge in [-0.15, -0.1) is 0 Å². The summed E-state index contributed by atoms with van der Waals surface area (Å²) >= 11 is 0. The van der Waals surface area contributed by atoms with E-state index in [0.29, 0.717) is 11.6 Å². The molecule has 0 fully saturated rings. The first-order valence-corrected chi connectivity index (χ1v) is 4.46. The van der Waals surface area contributed by atoms with Crippen molar-refractivity contribution in [3.63, 3.8) is 0 Å². The van der Waals surface area contributed by atoms with Gasteiger partial charge in [0.25, 0.3) is 5.95 Å². The van der Waals surface area contributed by atoms with Crippen LogP contribution in [0.1, 0.15) is 17.0 Å². The van der Waals surface area contributed by atoms with Gasteiger partial charge in [-0.3, -0.25) is 0 Å². The predicted molar refractivity (Wildman–Crippen MR) is 53.3 cm³/mol. The predicted octanol–water partition coefficient (Wildman–Crippen LogP) is 1.15. The molecule has 0 aliphatic rings. The average molecular weight is 199 g/mol. The third-order valence-corrected chi connectivity index (χ3v) is 1.87. The van der Waals surface area contributed by atoms with Gasteiger partial charge in [0.1, 0.15) is 11.8 Å². The summed E-state index contributed by atoms with van der Waals surface area (Å²) in [5.41, 5.74) is 2.13. The van der Waals surface area contributed by atoms with Crippen molar-refractivity contribution in [3.05, 3.63) is 35.4 Å². The minimum absolute atomic E-state index is 0.352. The Morgan fingerprint density at radius 2 is 2.13 bits per heavy atom. The highest BCUT2D eigenvalue weighted by Crippen LogP contribution is 2.05. The van der Waals surface area contributed by atoms with Crippen LogP contribution in [0.2, 0.25) is 0 Å². The molecule has 2 aromatic heterocycles. The number of hydrogen-bond acceptors (Lipinski definition) is 4. The summed E-state index contributed by atoms with van der Waals surface area (Å²) in [4.78, 5) is 8.27. The van der Waals surface area contributed by atoms with E-state index >= 15 is 0 Å². The van der Waals surface area contributed by atoms with Crippen LogP contribution in [0.15, 0.2) is 18.5 Å². The van der Waals surface area contributed by atoms with Crippen LogP contribution in [0.5, 0.6) is 0 Å². The molecule has 0 saturated heterocycles. The lowest BCUT2D eigenvalue weighted by Gasteiger charge is -2.00. The molecular weight excluding hydrogens is 190 g/mol. The van der Waals surface area contributed by atoms with Crippen molar-refractivity contribution in [2.75, 3.05) is 0 Å². The molecule has 5 heteroatoms. The largest absolute Gasteiger partial charge is 0.251 e. The fraction of sp³-hybridized carbons (Fsp3) is 0.200. The van der Waals surface area contributed by atoms with Crippen molar-refractivity contribution in [1.82, 2.24) is 19.7 Å². The van der Waals surface area contributed by atoms with Gasteiger partial charge in [0, 0.05) is 11.9 Å². The van der Waals surface area contributed by atoms with E-state index in [4.69, 9.17) is 5.26 Å². The van der Waals surface area contributed by atoms with E-state index in [2.05, 4.69) is 15.1 Å². The molecule has 2 aromatic rings. The van der Waals surface area contributed by atoms with Gasteiger partial charge in [-0.2, -0.15) is 10.4 Å². The lowest BCUT2D eigenvalue weighted by Crippen LogP contribution is -2.04. The summed E-state index contributed by atoms with van der Waals surface area (Å²) in [5, 5.41) is 12.9. The minimum atomic E-state index is 0.352. The van der Waals surface area contributed by atoms with E-state index in [1.165, 1.54) is 0 Å². The molecule has 0 aliphatic carbocycles. The molecule has 0 saturated carbocycles. The molecule has 0 unspecified atom stereocenters. The Bertz CT molecular complexity index is 535. The first kappa shape index (κ1) is 9.34. The van der Waals surface area contributed by atoms with Gasteiger partial charge in [0.05, 0.1) is 6.20 Å². The van der Waals surface area contributed by atoms with Crippen LogP contribution in [0.4, 0.5) is 0 Å². The number of aryl methyl sites for hydroxylation is 2. The Hall–Kier alpha value is -2.22. The number of rotatable bonds is 1. The summed E-state index contributed by atoms with van der Waals surface area (Å²) in [6.07, 6.45) is 3.54. The van der Waals surface area contributed by atoms with Crippen molar-refractivity contribution < 1.29 is 0 Å². The Balaban J connectivity index is 2.54. The van der Waals surface area contributed by atoms with E-state index in [0.717, 1.165) is 11.3 Å². The summed E-state index contributed by atoms with van der Waals surface area (Å²) in [6.45, 7) is 3.76. The van der Waals surface area contributed by atoms with Crippen LogP contribution < -0.4 is 0 Å². The van der Waals surface area contributed by atoms with E-state index in [9.17, 15) is 0 Å². The zero-order chi connectivity index (χ0) is 10.8. The molecule has 0 aliphatic heterocycles. The van der Waals surface area contributed by atoms with Crippen molar-refractivity contribution in [2.24, 2.45) is 0 Å². The standard InChI is InChI=1S/C10H9N5/c1-7-5-12-15(6-7)10-13-8(2)3-9(4-11)14-10/h3,5-6H,1-2H3. The molecule has 0 atom stereocenters. The van der Waals surface area contributed by atoms with Gasteiger partial charge in [-0.25, -0.2) is 14.6 Å². The molecular formula is C10H9N5. The SMILES string of the molecule is Cc1cnn(-c2nc(C)cc(C#N)n2)c1. The first-order chi connectivity index (χ1) is 7.19. The topological polar surface area (TPSA) is 67.4 Å². The second-order valence-corrected chi connectivity index (χ2v) is 3.27. The molecule has 0 bridgehead atoms. The van der Waals surface area contributed by atoms with Crippen LogP contribution in [-0.4, -0.2) is 19.7 Å². The molecule has 74 valence electrons. The van der Waals surface area contributed by atoms with Crippen molar-refractivity contribution in [2.45, 2.75) is 13.8 Å². The van der Waals surface area contributed by atoms with E-state index in [-0.39, 0.29) is 0 Å². The highest BCUT2D eigenvalue weighted by atomic mass is 15.3. The quantitative estimate of drug-likeness (QED) is 0.691. The van der Waals surface area contributed by atoms with Gasteiger partial charge < -0.3 is 0 Å². The summed E-state index contributed by atoms with van der Waals surface area (Å²) in [6, 6.07) is 3.63. The summed E-state index contributed by atoms with van der Waals surface area (Å²) < 4.78 is 1.56. The third-order valence-electron chi connectivity index (χ3n) is 1.87. The zero-order valence-electron chi connectivity index (χ0n) is 8.47. The highest BCUT2D eigenvalue weighted by molar-refractivity contribution is 5.26. The Morgan fingerprint density at radius 3 is 2.73 bits per heavy atom. The molecule has 0 spiro atoms. The normalized spacial score (nSPS) is 9.93. The molecule has 0 N–H and O–H groups in total. The van der Waals surface area contributed by atoms with E-state index < -0.39 is 0 Å². The fourth-order valence-corrected chi connectivity index (χ4v) is 1.23. The van der Waals surface area contributed by atoms with Gasteiger partial charge >= 0.3 is 0 Å². The molecule has 0 aromatic carbocycles. The lowest BCUT2D eigenvalue weighted by molar-refractivity contribution is 0.798. The molecule has 0 amide bonds. The van der Waals surface area contributed by atoms with Crippen molar-refractivity contribution >= 4 is 0 Å². The second kappa shape index (κ2) is 3.50. The van der Waals surface area contributed by atoms with Crippen LogP contribution in [-0.2, 0) is 0 Å². The zero-order valence-corrected chi connectivity index (χ0v) is 8.47. The third kappa shape index (κ3) is 1.83. The molecule has 0 radical (unpaired) electrons. The van der Waals surface area contributed by atoms with Crippen LogP contribution in [0.25, 0.3) is 5.95 Å². The van der Waals surface area contributed by atoms with Gasteiger partial charge in [-0.05, 0) is 25.5 Å². The Kier molecular flexibility index (Phi) is 2.18. The van der Waals surface area contributed by atoms with E-state index in [1.54, 1.807) is 16.9 Å². The maximum Gasteiger partial charge on any atom is 0.251 e. The maximum absolute atomic E-state index is 8.77. The van der Waals surface area contributed by atoms with Gasteiger partial charge in [-0.1, -0.05) is 0 Å². The number of nitriles is 1. The smallest absolute Gasteiger partial charge is 0.216 e. The number of nitrogens with zero attached hydrogens (tertiary/aromatic N) is 5. The molecule has 2 heterocycles.